The van der Waals surface area contributed by atoms with E-state index in [4.69, 9.17) is 0 Å². The topological polar surface area (TPSA) is 96.2 Å². The molecule has 144 valence electrons. The first kappa shape index (κ1) is 20.0. The van der Waals surface area contributed by atoms with Gasteiger partial charge in [-0.1, -0.05) is 6.07 Å². The van der Waals surface area contributed by atoms with E-state index in [1.807, 2.05) is 22.9 Å². The summed E-state index contributed by atoms with van der Waals surface area (Å²) in [7, 11) is 0. The summed E-state index contributed by atoms with van der Waals surface area (Å²) in [5.41, 5.74) is 0.657. The van der Waals surface area contributed by atoms with Crippen LogP contribution in [0.4, 0.5) is 0 Å². The molecular weight excluding hydrogens is 408 g/mol. The Labute approximate surface area is 169 Å². The van der Waals surface area contributed by atoms with Crippen LogP contribution in [-0.4, -0.2) is 46.3 Å². The van der Waals surface area contributed by atoms with Crippen LogP contribution < -0.4 is 16.2 Å². The van der Waals surface area contributed by atoms with Crippen LogP contribution in [0.1, 0.15) is 0 Å². The van der Waals surface area contributed by atoms with Gasteiger partial charge in [-0.15, -0.1) is 35.1 Å². The molecule has 1 aliphatic heterocycles. The summed E-state index contributed by atoms with van der Waals surface area (Å²) in [6, 6.07) is 3.91. The minimum Gasteiger partial charge on any atom is -0.391 e. The lowest BCUT2D eigenvalue weighted by Crippen LogP contribution is -2.37. The fourth-order valence-corrected chi connectivity index (χ4v) is 4.80. The van der Waals surface area contributed by atoms with E-state index in [-0.39, 0.29) is 36.3 Å². The number of halogens is 1. The quantitative estimate of drug-likeness (QED) is 0.571. The Morgan fingerprint density at radius 3 is 2.96 bits per heavy atom. The molecule has 10 heteroatoms. The van der Waals surface area contributed by atoms with Gasteiger partial charge in [-0.25, -0.2) is 4.98 Å². The van der Waals surface area contributed by atoms with Gasteiger partial charge < -0.3 is 15.7 Å². The smallest absolute Gasteiger partial charge is 0.263 e. The molecule has 2 unspecified atom stereocenters. The maximum Gasteiger partial charge on any atom is 0.263 e. The molecule has 4 heterocycles. The molecule has 0 radical (unpaired) electrons. The van der Waals surface area contributed by atoms with Gasteiger partial charge in [-0.05, 0) is 11.4 Å². The SMILES string of the molecule is Cl.O=C(Cn1cnc2scc(-c3cccs3)c2c1=O)NCC1CNCC1O. The number of carbonyl (C=O) groups excluding carboxylic acids is 1. The third-order valence-electron chi connectivity index (χ3n) is 4.53. The molecule has 3 N–H and O–H groups in total. The zero-order valence-corrected chi connectivity index (χ0v) is 16.7. The predicted octanol–water partition coefficient (Wildman–Crippen LogP) is 1.30. The fourth-order valence-electron chi connectivity index (χ4n) is 3.08. The standard InChI is InChI=1S/C17H18N4O3S2.ClH/c22-12-6-18-4-10(12)5-19-14(23)7-21-9-20-16-15(17(21)24)11(8-26-16)13-2-1-3-25-13;/h1-3,8-10,12,18,22H,4-7H2,(H,19,23);1H. The molecule has 0 saturated carbocycles. The molecule has 2 atom stereocenters. The second-order valence-corrected chi connectivity index (χ2v) is 8.08. The van der Waals surface area contributed by atoms with E-state index in [0.717, 1.165) is 10.4 Å². The monoisotopic (exact) mass is 426 g/mol. The van der Waals surface area contributed by atoms with E-state index in [2.05, 4.69) is 15.6 Å². The van der Waals surface area contributed by atoms with Crippen molar-refractivity contribution in [1.29, 1.82) is 0 Å². The van der Waals surface area contributed by atoms with E-state index in [9.17, 15) is 14.7 Å². The number of rotatable bonds is 5. The summed E-state index contributed by atoms with van der Waals surface area (Å²) >= 11 is 3.00. The molecular formula is C17H19ClN4O3S2. The van der Waals surface area contributed by atoms with Crippen molar-refractivity contribution in [2.24, 2.45) is 5.92 Å². The number of thiophene rings is 2. The van der Waals surface area contributed by atoms with Crippen LogP contribution in [0.15, 0.2) is 34.0 Å². The number of hydrogen-bond donors (Lipinski definition) is 3. The van der Waals surface area contributed by atoms with E-state index in [0.29, 0.717) is 29.9 Å². The van der Waals surface area contributed by atoms with Crippen molar-refractivity contribution in [2.75, 3.05) is 19.6 Å². The lowest BCUT2D eigenvalue weighted by atomic mass is 10.1. The number of amides is 1. The Balaban J connectivity index is 0.00000210. The van der Waals surface area contributed by atoms with Crippen LogP contribution in [0.3, 0.4) is 0 Å². The molecule has 1 amide bonds. The number of aliphatic hydroxyl groups is 1. The molecule has 0 aliphatic carbocycles. The minimum atomic E-state index is -0.449. The molecule has 0 aromatic carbocycles. The normalized spacial score (nSPS) is 19.1. The molecule has 3 aromatic heterocycles. The second kappa shape index (κ2) is 8.49. The Morgan fingerprint density at radius 2 is 2.26 bits per heavy atom. The average Bonchev–Trinajstić information content (AvgIpc) is 3.35. The van der Waals surface area contributed by atoms with Gasteiger partial charge in [0.25, 0.3) is 5.56 Å². The third kappa shape index (κ3) is 4.07. The van der Waals surface area contributed by atoms with Gasteiger partial charge in [0, 0.05) is 41.4 Å². The van der Waals surface area contributed by atoms with Crippen molar-refractivity contribution in [3.63, 3.8) is 0 Å². The molecule has 27 heavy (non-hydrogen) atoms. The van der Waals surface area contributed by atoms with E-state index >= 15 is 0 Å². The van der Waals surface area contributed by atoms with Gasteiger partial charge in [-0.3, -0.25) is 14.2 Å². The average molecular weight is 427 g/mol. The first-order valence-corrected chi connectivity index (χ1v) is 10.1. The predicted molar refractivity (Wildman–Crippen MR) is 110 cm³/mol. The number of aromatic nitrogens is 2. The number of nitrogens with zero attached hydrogens (tertiary/aromatic N) is 2. The van der Waals surface area contributed by atoms with Gasteiger partial charge in [-0.2, -0.15) is 0 Å². The van der Waals surface area contributed by atoms with Crippen molar-refractivity contribution >= 4 is 51.2 Å². The molecule has 1 saturated heterocycles. The summed E-state index contributed by atoms with van der Waals surface area (Å²) in [5, 5.41) is 20.1. The number of β-amino-alcohol motifs (C(OH)–C–C–N with tert-alkyl or cyclic N) is 1. The number of fused-ring (bicyclic) bond motifs is 1. The summed E-state index contributed by atoms with van der Waals surface area (Å²) in [6.07, 6.45) is 0.973. The summed E-state index contributed by atoms with van der Waals surface area (Å²) in [5.74, 6) is -0.265. The summed E-state index contributed by atoms with van der Waals surface area (Å²) in [6.45, 7) is 1.52. The second-order valence-electron chi connectivity index (χ2n) is 6.27. The third-order valence-corrected chi connectivity index (χ3v) is 6.32. The molecule has 3 aromatic rings. The first-order chi connectivity index (χ1) is 12.6. The van der Waals surface area contributed by atoms with Crippen molar-refractivity contribution < 1.29 is 9.90 Å². The highest BCUT2D eigenvalue weighted by Gasteiger charge is 2.25. The summed E-state index contributed by atoms with van der Waals surface area (Å²) in [4.78, 5) is 31.1. The highest BCUT2D eigenvalue weighted by Crippen LogP contribution is 2.33. The van der Waals surface area contributed by atoms with E-state index in [1.54, 1.807) is 11.3 Å². The molecule has 7 nitrogen and oxygen atoms in total. The van der Waals surface area contributed by atoms with Crippen molar-refractivity contribution in [3.8, 4) is 10.4 Å². The maximum absolute atomic E-state index is 12.9. The highest BCUT2D eigenvalue weighted by atomic mass is 35.5. The molecule has 1 aliphatic rings. The van der Waals surface area contributed by atoms with Crippen LogP contribution >= 0.6 is 35.1 Å². The van der Waals surface area contributed by atoms with Gasteiger partial charge in [0.2, 0.25) is 5.91 Å². The Kier molecular flexibility index (Phi) is 6.28. The number of aliphatic hydroxyl groups excluding tert-OH is 1. The molecule has 4 rings (SSSR count). The summed E-state index contributed by atoms with van der Waals surface area (Å²) < 4.78 is 1.34. The minimum absolute atomic E-state index is 0. The van der Waals surface area contributed by atoms with Crippen LogP contribution in [-0.2, 0) is 11.3 Å². The lowest BCUT2D eigenvalue weighted by Gasteiger charge is -2.14. The van der Waals surface area contributed by atoms with Gasteiger partial charge in [0.05, 0.1) is 17.8 Å². The Bertz CT molecular complexity index is 986. The highest BCUT2D eigenvalue weighted by molar-refractivity contribution is 7.18. The molecule has 0 spiro atoms. The van der Waals surface area contributed by atoms with E-state index < -0.39 is 6.10 Å². The number of carbonyl (C=O) groups is 1. The Morgan fingerprint density at radius 1 is 1.41 bits per heavy atom. The first-order valence-electron chi connectivity index (χ1n) is 8.29. The lowest BCUT2D eigenvalue weighted by molar-refractivity contribution is -0.122. The van der Waals surface area contributed by atoms with Crippen molar-refractivity contribution in [1.82, 2.24) is 20.2 Å². The van der Waals surface area contributed by atoms with E-state index in [1.165, 1.54) is 22.2 Å². The molecule has 0 bridgehead atoms. The maximum atomic E-state index is 12.9. The Hall–Kier alpha value is -1.78. The largest absolute Gasteiger partial charge is 0.391 e. The van der Waals surface area contributed by atoms with Crippen molar-refractivity contribution in [3.05, 3.63) is 39.6 Å². The van der Waals surface area contributed by atoms with Gasteiger partial charge >= 0.3 is 0 Å². The van der Waals surface area contributed by atoms with Gasteiger partial charge in [0.15, 0.2) is 0 Å². The zero-order valence-electron chi connectivity index (χ0n) is 14.3. The molecule has 1 fully saturated rings. The van der Waals surface area contributed by atoms with Crippen LogP contribution in [0, 0.1) is 5.92 Å². The van der Waals surface area contributed by atoms with Crippen LogP contribution in [0.2, 0.25) is 0 Å². The van der Waals surface area contributed by atoms with Gasteiger partial charge in [0.1, 0.15) is 11.4 Å². The zero-order chi connectivity index (χ0) is 18.1. The number of nitrogens with one attached hydrogen (secondary N) is 2. The van der Waals surface area contributed by atoms with Crippen LogP contribution in [0.25, 0.3) is 20.7 Å². The number of hydrogen-bond acceptors (Lipinski definition) is 7. The van der Waals surface area contributed by atoms with Crippen molar-refractivity contribution in [2.45, 2.75) is 12.6 Å². The van der Waals surface area contributed by atoms with Crippen LogP contribution in [0.5, 0.6) is 0 Å². The fraction of sp³-hybridized carbons (Fsp3) is 0.353.